The van der Waals surface area contributed by atoms with Crippen LogP contribution in [0, 0.1) is 0 Å². The molecular weight excluding hydrogens is 518 g/mol. The van der Waals surface area contributed by atoms with Crippen LogP contribution in [-0.4, -0.2) is 47.4 Å². The van der Waals surface area contributed by atoms with Crippen molar-refractivity contribution >= 4 is 34.3 Å². The fraction of sp³-hybridized carbons (Fsp3) is 0.303. The monoisotopic (exact) mass is 551 g/mol. The molecule has 0 bridgehead atoms. The lowest BCUT2D eigenvalue weighted by molar-refractivity contribution is -0.125. The predicted molar refractivity (Wildman–Crippen MR) is 157 cm³/mol. The number of para-hydroxylation sites is 1. The molecule has 210 valence electrons. The van der Waals surface area contributed by atoms with E-state index in [9.17, 15) is 14.4 Å². The van der Waals surface area contributed by atoms with E-state index in [4.69, 9.17) is 9.47 Å². The molecule has 2 unspecified atom stereocenters. The third-order valence-electron chi connectivity index (χ3n) is 8.17. The van der Waals surface area contributed by atoms with Crippen LogP contribution in [-0.2, 0) is 10.3 Å². The summed E-state index contributed by atoms with van der Waals surface area (Å²) in [6.45, 7) is 8.62. The number of carbonyl (C=O) groups is 3. The van der Waals surface area contributed by atoms with Gasteiger partial charge in [-0.1, -0.05) is 43.3 Å². The number of fused-ring (bicyclic) bond motifs is 5. The van der Waals surface area contributed by atoms with E-state index in [-0.39, 0.29) is 17.6 Å². The van der Waals surface area contributed by atoms with E-state index in [0.29, 0.717) is 48.2 Å². The molecule has 6 rings (SSSR count). The summed E-state index contributed by atoms with van der Waals surface area (Å²) in [5.41, 5.74) is 3.12. The second-order valence-corrected chi connectivity index (χ2v) is 10.7. The van der Waals surface area contributed by atoms with Crippen LogP contribution in [0.25, 0.3) is 10.9 Å². The summed E-state index contributed by atoms with van der Waals surface area (Å²) in [6, 6.07) is 20.2. The van der Waals surface area contributed by atoms with Crippen molar-refractivity contribution in [2.75, 3.05) is 24.7 Å². The number of anilines is 1. The molecule has 3 amide bonds. The molecule has 3 heterocycles. The van der Waals surface area contributed by atoms with Crippen molar-refractivity contribution in [2.45, 2.75) is 45.6 Å². The highest BCUT2D eigenvalue weighted by atomic mass is 16.5. The quantitative estimate of drug-likeness (QED) is 0.202. The Morgan fingerprint density at radius 3 is 2.56 bits per heavy atom. The number of hydrogen-bond donors (Lipinski definition) is 1. The summed E-state index contributed by atoms with van der Waals surface area (Å²) in [7, 11) is 0. The first-order valence-corrected chi connectivity index (χ1v) is 14.1. The van der Waals surface area contributed by atoms with Crippen molar-refractivity contribution in [1.82, 2.24) is 9.88 Å². The summed E-state index contributed by atoms with van der Waals surface area (Å²) in [5, 5.41) is 1.01. The van der Waals surface area contributed by atoms with Crippen LogP contribution in [0.3, 0.4) is 0 Å². The molecule has 41 heavy (non-hydrogen) atoms. The molecular formula is C33H33N3O5. The molecule has 0 radical (unpaired) electrons. The van der Waals surface area contributed by atoms with E-state index in [1.807, 2.05) is 49.4 Å². The zero-order valence-corrected chi connectivity index (χ0v) is 23.7. The molecule has 2 atom stereocenters. The van der Waals surface area contributed by atoms with E-state index >= 15 is 0 Å². The number of nitrogens with zero attached hydrogens (tertiary/aromatic N) is 2. The number of hydrogen-bond acceptors (Lipinski definition) is 5. The zero-order chi connectivity index (χ0) is 28.9. The minimum atomic E-state index is -1.25. The minimum Gasteiger partial charge on any atom is -0.490 e. The van der Waals surface area contributed by atoms with Crippen LogP contribution in [0.5, 0.6) is 11.5 Å². The molecule has 1 fully saturated rings. The Hall–Kier alpha value is -4.59. The highest BCUT2D eigenvalue weighted by molar-refractivity contribution is 6.24. The van der Waals surface area contributed by atoms with E-state index in [1.165, 1.54) is 11.8 Å². The number of urea groups is 1. The van der Waals surface area contributed by atoms with Gasteiger partial charge in [-0.15, -0.1) is 0 Å². The lowest BCUT2D eigenvalue weighted by atomic mass is 9.78. The van der Waals surface area contributed by atoms with Gasteiger partial charge in [0, 0.05) is 28.9 Å². The number of benzene rings is 3. The number of ketones is 1. The van der Waals surface area contributed by atoms with Gasteiger partial charge in [-0.25, -0.2) is 9.69 Å². The maximum Gasteiger partial charge on any atom is 0.332 e. The average Bonchev–Trinajstić information content (AvgIpc) is 3.46. The molecule has 3 aromatic carbocycles. The van der Waals surface area contributed by atoms with Crippen molar-refractivity contribution in [1.29, 1.82) is 0 Å². The second kappa shape index (κ2) is 10.1. The van der Waals surface area contributed by atoms with Crippen molar-refractivity contribution in [3.05, 3.63) is 89.1 Å². The highest BCUT2D eigenvalue weighted by Gasteiger charge is 2.60. The zero-order valence-electron chi connectivity index (χ0n) is 23.7. The predicted octanol–water partition coefficient (Wildman–Crippen LogP) is 6.39. The van der Waals surface area contributed by atoms with Crippen LogP contribution in [0.1, 0.15) is 67.2 Å². The van der Waals surface area contributed by atoms with Gasteiger partial charge >= 0.3 is 6.03 Å². The highest BCUT2D eigenvalue weighted by Crippen LogP contribution is 2.51. The molecule has 4 aromatic rings. The smallest absolute Gasteiger partial charge is 0.332 e. The van der Waals surface area contributed by atoms with Gasteiger partial charge < -0.3 is 19.4 Å². The number of Topliss-reactive ketones (excluding diaryl/α,β-unsaturated/α-hetero) is 1. The Morgan fingerprint density at radius 2 is 1.80 bits per heavy atom. The fourth-order valence-corrected chi connectivity index (χ4v) is 6.12. The largest absolute Gasteiger partial charge is 0.490 e. The molecule has 2 aliphatic heterocycles. The SMILES string of the molecule is CCCOc1ccc(C2CN3C(=O)N(c4cccc(C(C)=O)c4)C(=O)C3(C)c3[nH]c4ccccc4c32)cc1OCC. The number of aromatic amines is 1. The molecule has 1 saturated heterocycles. The second-order valence-electron chi connectivity index (χ2n) is 10.7. The van der Waals surface area contributed by atoms with Gasteiger partial charge in [-0.05, 0) is 68.7 Å². The molecule has 1 N–H and O–H groups in total. The van der Waals surface area contributed by atoms with Crippen molar-refractivity contribution < 1.29 is 23.9 Å². The Labute approximate surface area is 238 Å². The number of H-pyrrole nitrogens is 1. The molecule has 8 nitrogen and oxygen atoms in total. The summed E-state index contributed by atoms with van der Waals surface area (Å²) in [5.74, 6) is 0.617. The van der Waals surface area contributed by atoms with Gasteiger partial charge in [0.15, 0.2) is 22.8 Å². The van der Waals surface area contributed by atoms with Crippen molar-refractivity contribution in [3.63, 3.8) is 0 Å². The number of rotatable bonds is 8. The number of carbonyl (C=O) groups excluding carboxylic acids is 3. The first kappa shape index (κ1) is 26.6. The summed E-state index contributed by atoms with van der Waals surface area (Å²) < 4.78 is 11.9. The topological polar surface area (TPSA) is 91.9 Å². The van der Waals surface area contributed by atoms with Crippen molar-refractivity contribution in [3.8, 4) is 11.5 Å². The normalized spacial score (nSPS) is 19.9. The minimum absolute atomic E-state index is 0.135. The van der Waals surface area contributed by atoms with Crippen molar-refractivity contribution in [2.24, 2.45) is 0 Å². The standard InChI is InChI=1S/C33H33N3O5/c1-5-16-41-27-15-14-22(18-28(27)40-6-2)25-19-35-32(39)36(23-11-9-10-21(17-23)20(3)37)31(38)33(35,4)30-29(25)24-12-7-8-13-26(24)34-30/h7-15,17-18,25,34H,5-6,16,19H2,1-4H3. The maximum atomic E-state index is 14.2. The third-order valence-corrected chi connectivity index (χ3v) is 8.17. The van der Waals surface area contributed by atoms with E-state index in [2.05, 4.69) is 11.9 Å². The molecule has 0 spiro atoms. The molecule has 2 aliphatic rings. The first-order chi connectivity index (χ1) is 19.8. The summed E-state index contributed by atoms with van der Waals surface area (Å²) in [4.78, 5) is 46.8. The number of nitrogens with one attached hydrogen (secondary N) is 1. The van der Waals surface area contributed by atoms with Crippen LogP contribution >= 0.6 is 0 Å². The van der Waals surface area contributed by atoms with Gasteiger partial charge in [0.05, 0.1) is 24.6 Å². The Balaban J connectivity index is 1.51. The number of amides is 3. The molecule has 8 heteroatoms. The lowest BCUT2D eigenvalue weighted by Crippen LogP contribution is -2.50. The number of ether oxygens (including phenoxy) is 2. The number of imide groups is 1. The van der Waals surface area contributed by atoms with E-state index < -0.39 is 11.6 Å². The number of aromatic nitrogens is 1. The fourth-order valence-electron chi connectivity index (χ4n) is 6.12. The lowest BCUT2D eigenvalue weighted by Gasteiger charge is -2.40. The van der Waals surface area contributed by atoms with Gasteiger partial charge in [0.2, 0.25) is 0 Å². The van der Waals surface area contributed by atoms with E-state index in [0.717, 1.165) is 28.5 Å². The molecule has 1 aromatic heterocycles. The van der Waals surface area contributed by atoms with Gasteiger partial charge in [0.1, 0.15) is 0 Å². The van der Waals surface area contributed by atoms with Crippen LogP contribution < -0.4 is 14.4 Å². The first-order valence-electron chi connectivity index (χ1n) is 14.1. The Kier molecular flexibility index (Phi) is 6.56. The molecule has 0 aliphatic carbocycles. The summed E-state index contributed by atoms with van der Waals surface area (Å²) in [6.07, 6.45) is 0.879. The maximum absolute atomic E-state index is 14.2. The Morgan fingerprint density at radius 1 is 1.00 bits per heavy atom. The van der Waals surface area contributed by atoms with Gasteiger partial charge in [-0.2, -0.15) is 0 Å². The average molecular weight is 552 g/mol. The summed E-state index contributed by atoms with van der Waals surface area (Å²) >= 11 is 0. The van der Waals surface area contributed by atoms with Gasteiger partial charge in [0.25, 0.3) is 5.91 Å². The molecule has 0 saturated carbocycles. The van der Waals surface area contributed by atoms with Crippen LogP contribution in [0.4, 0.5) is 10.5 Å². The van der Waals surface area contributed by atoms with Crippen LogP contribution in [0.2, 0.25) is 0 Å². The Bertz CT molecular complexity index is 1690. The van der Waals surface area contributed by atoms with Gasteiger partial charge in [-0.3, -0.25) is 9.59 Å². The van der Waals surface area contributed by atoms with E-state index in [1.54, 1.807) is 36.1 Å². The van der Waals surface area contributed by atoms with Crippen LogP contribution in [0.15, 0.2) is 66.7 Å². The third kappa shape index (κ3) is 4.08.